The van der Waals surface area contributed by atoms with Gasteiger partial charge >= 0.3 is 0 Å². The standard InChI is InChI=1S/C16H24N2O5S/c1-11(2)10-24(21,22)12-7-13(15(19)9-17)14(8-12)16(20)18-3-5-23-6-4-18/h11-14H,3-8,10H2,1-2H3/t12-,13-,14-/m1/s1. The van der Waals surface area contributed by atoms with E-state index in [1.165, 1.54) is 0 Å². The molecule has 24 heavy (non-hydrogen) atoms. The number of rotatable bonds is 5. The normalized spacial score (nSPS) is 27.9. The van der Waals surface area contributed by atoms with Crippen molar-refractivity contribution in [2.75, 3.05) is 32.1 Å². The number of sulfone groups is 1. The zero-order chi connectivity index (χ0) is 17.9. The van der Waals surface area contributed by atoms with Crippen LogP contribution in [0.15, 0.2) is 0 Å². The molecule has 0 bridgehead atoms. The fourth-order valence-corrected chi connectivity index (χ4v) is 5.75. The van der Waals surface area contributed by atoms with Crippen LogP contribution in [0, 0.1) is 29.1 Å². The average Bonchev–Trinajstić information content (AvgIpc) is 2.99. The van der Waals surface area contributed by atoms with E-state index in [0.717, 1.165) is 0 Å². The Morgan fingerprint density at radius 1 is 1.21 bits per heavy atom. The summed E-state index contributed by atoms with van der Waals surface area (Å²) in [6, 6.07) is 1.58. The molecule has 1 aliphatic heterocycles. The molecule has 0 N–H and O–H groups in total. The summed E-state index contributed by atoms with van der Waals surface area (Å²) in [5, 5.41) is 8.22. The molecule has 134 valence electrons. The van der Waals surface area contributed by atoms with Gasteiger partial charge in [0.2, 0.25) is 11.7 Å². The van der Waals surface area contributed by atoms with Crippen molar-refractivity contribution < 1.29 is 22.7 Å². The second-order valence-corrected chi connectivity index (χ2v) is 9.27. The van der Waals surface area contributed by atoms with Crippen LogP contribution in [0.2, 0.25) is 0 Å². The van der Waals surface area contributed by atoms with E-state index in [9.17, 15) is 18.0 Å². The van der Waals surface area contributed by atoms with E-state index in [1.807, 2.05) is 13.8 Å². The smallest absolute Gasteiger partial charge is 0.235 e. The highest BCUT2D eigenvalue weighted by Gasteiger charge is 2.48. The minimum Gasteiger partial charge on any atom is -0.378 e. The maximum Gasteiger partial charge on any atom is 0.235 e. The highest BCUT2D eigenvalue weighted by Crippen LogP contribution is 2.38. The molecule has 3 atom stereocenters. The van der Waals surface area contributed by atoms with Crippen molar-refractivity contribution in [3.8, 4) is 6.07 Å². The molecular formula is C16H24N2O5S. The summed E-state index contributed by atoms with van der Waals surface area (Å²) in [5.74, 6) is -2.45. The fourth-order valence-electron chi connectivity index (χ4n) is 3.55. The molecule has 0 spiro atoms. The summed E-state index contributed by atoms with van der Waals surface area (Å²) in [7, 11) is -3.39. The predicted octanol–water partition coefficient (Wildman–Crippen LogP) is 0.403. The predicted molar refractivity (Wildman–Crippen MR) is 86.6 cm³/mol. The van der Waals surface area contributed by atoms with Gasteiger partial charge in [-0.1, -0.05) is 13.8 Å². The quantitative estimate of drug-likeness (QED) is 0.661. The molecule has 1 amide bonds. The molecule has 1 heterocycles. The highest BCUT2D eigenvalue weighted by molar-refractivity contribution is 7.92. The second-order valence-electron chi connectivity index (χ2n) is 6.94. The van der Waals surface area contributed by atoms with Crippen molar-refractivity contribution >= 4 is 21.5 Å². The number of carbonyl (C=O) groups excluding carboxylic acids is 2. The first-order chi connectivity index (χ1) is 11.3. The van der Waals surface area contributed by atoms with Gasteiger partial charge in [-0.05, 0) is 18.8 Å². The van der Waals surface area contributed by atoms with Crippen molar-refractivity contribution in [1.82, 2.24) is 4.90 Å². The van der Waals surface area contributed by atoms with Gasteiger partial charge in [0, 0.05) is 19.0 Å². The second kappa shape index (κ2) is 7.62. The Kier molecular flexibility index (Phi) is 5.99. The Morgan fingerprint density at radius 3 is 2.33 bits per heavy atom. The van der Waals surface area contributed by atoms with Crippen LogP contribution in [0.4, 0.5) is 0 Å². The van der Waals surface area contributed by atoms with Crippen molar-refractivity contribution in [3.05, 3.63) is 0 Å². The largest absolute Gasteiger partial charge is 0.378 e. The minimum absolute atomic E-state index is 0.0193. The van der Waals surface area contributed by atoms with Gasteiger partial charge in [0.1, 0.15) is 6.07 Å². The number of nitriles is 1. The molecule has 0 aromatic carbocycles. The molecule has 2 rings (SSSR count). The van der Waals surface area contributed by atoms with E-state index in [0.29, 0.717) is 26.3 Å². The van der Waals surface area contributed by atoms with Crippen molar-refractivity contribution in [2.45, 2.75) is 31.9 Å². The van der Waals surface area contributed by atoms with Gasteiger partial charge in [-0.15, -0.1) is 0 Å². The number of ether oxygens (including phenoxy) is 1. The van der Waals surface area contributed by atoms with E-state index in [1.54, 1.807) is 11.0 Å². The third kappa shape index (κ3) is 4.14. The number of amides is 1. The lowest BCUT2D eigenvalue weighted by molar-refractivity contribution is -0.142. The van der Waals surface area contributed by atoms with E-state index in [4.69, 9.17) is 10.00 Å². The van der Waals surface area contributed by atoms with Crippen LogP contribution in [-0.2, 0) is 24.2 Å². The Labute approximate surface area is 142 Å². The molecule has 8 heteroatoms. The molecule has 1 aliphatic carbocycles. The van der Waals surface area contributed by atoms with Gasteiger partial charge in [0.05, 0.1) is 30.1 Å². The van der Waals surface area contributed by atoms with Crippen LogP contribution in [0.1, 0.15) is 26.7 Å². The molecule has 0 aromatic heterocycles. The number of hydrogen-bond donors (Lipinski definition) is 0. The van der Waals surface area contributed by atoms with Crippen LogP contribution in [0.5, 0.6) is 0 Å². The number of Topliss-reactive ketones (excluding diaryl/α,β-unsaturated/α-hetero) is 1. The monoisotopic (exact) mass is 356 g/mol. The van der Waals surface area contributed by atoms with Gasteiger partial charge in [-0.25, -0.2) is 8.42 Å². The molecule has 1 saturated carbocycles. The van der Waals surface area contributed by atoms with Crippen molar-refractivity contribution in [2.24, 2.45) is 17.8 Å². The Morgan fingerprint density at radius 2 is 1.79 bits per heavy atom. The molecule has 2 fully saturated rings. The van der Waals surface area contributed by atoms with E-state index >= 15 is 0 Å². The number of carbonyl (C=O) groups is 2. The summed E-state index contributed by atoms with van der Waals surface area (Å²) in [6.07, 6.45) is 0.200. The van der Waals surface area contributed by atoms with Crippen molar-refractivity contribution in [1.29, 1.82) is 5.26 Å². The fraction of sp³-hybridized carbons (Fsp3) is 0.812. The maximum atomic E-state index is 12.7. The lowest BCUT2D eigenvalue weighted by Crippen LogP contribution is -2.45. The van der Waals surface area contributed by atoms with Crippen LogP contribution < -0.4 is 0 Å². The molecule has 0 aromatic rings. The summed E-state index contributed by atoms with van der Waals surface area (Å²) in [5.41, 5.74) is 0. The number of morpholine rings is 1. The third-order valence-electron chi connectivity index (χ3n) is 4.68. The third-order valence-corrected chi connectivity index (χ3v) is 7.21. The van der Waals surface area contributed by atoms with Crippen LogP contribution >= 0.6 is 0 Å². The van der Waals surface area contributed by atoms with E-state index in [-0.39, 0.29) is 30.4 Å². The lowest BCUT2D eigenvalue weighted by Gasteiger charge is -2.30. The van der Waals surface area contributed by atoms with Gasteiger partial charge in [-0.2, -0.15) is 5.26 Å². The SMILES string of the molecule is CC(C)CS(=O)(=O)[C@@H]1C[C@@H](C(=O)C#N)[C@H](C(=O)N2CCOCC2)C1. The minimum atomic E-state index is -3.39. The van der Waals surface area contributed by atoms with Crippen LogP contribution in [-0.4, -0.2) is 62.3 Å². The van der Waals surface area contributed by atoms with E-state index in [2.05, 4.69) is 0 Å². The molecule has 0 unspecified atom stereocenters. The number of nitrogens with zero attached hydrogens (tertiary/aromatic N) is 2. The molecule has 1 saturated heterocycles. The van der Waals surface area contributed by atoms with Gasteiger partial charge in [-0.3, -0.25) is 9.59 Å². The molecule has 0 radical (unpaired) electrons. The summed E-state index contributed by atoms with van der Waals surface area (Å²) in [4.78, 5) is 26.3. The van der Waals surface area contributed by atoms with Gasteiger partial charge in [0.15, 0.2) is 9.84 Å². The first-order valence-corrected chi connectivity index (χ1v) is 10.00. The number of ketones is 1. The van der Waals surface area contributed by atoms with Gasteiger partial charge in [0.25, 0.3) is 0 Å². The zero-order valence-electron chi connectivity index (χ0n) is 14.1. The number of hydrogen-bond acceptors (Lipinski definition) is 6. The highest BCUT2D eigenvalue weighted by atomic mass is 32.2. The van der Waals surface area contributed by atoms with Gasteiger partial charge < -0.3 is 9.64 Å². The maximum absolute atomic E-state index is 12.7. The summed E-state index contributed by atoms with van der Waals surface area (Å²) >= 11 is 0. The molecule has 2 aliphatic rings. The Bertz CT molecular complexity index is 631. The molecule has 7 nitrogen and oxygen atoms in total. The average molecular weight is 356 g/mol. The van der Waals surface area contributed by atoms with Crippen molar-refractivity contribution in [3.63, 3.8) is 0 Å². The van der Waals surface area contributed by atoms with Crippen LogP contribution in [0.25, 0.3) is 0 Å². The first-order valence-electron chi connectivity index (χ1n) is 8.28. The topological polar surface area (TPSA) is 105 Å². The summed E-state index contributed by atoms with van der Waals surface area (Å²) < 4.78 is 30.2. The molecular weight excluding hydrogens is 332 g/mol. The zero-order valence-corrected chi connectivity index (χ0v) is 14.9. The Hall–Kier alpha value is -1.46. The lowest BCUT2D eigenvalue weighted by atomic mass is 9.91. The first kappa shape index (κ1) is 18.9. The Balaban J connectivity index is 2.20. The van der Waals surface area contributed by atoms with E-state index < -0.39 is 32.7 Å². The van der Waals surface area contributed by atoms with Crippen LogP contribution in [0.3, 0.4) is 0 Å². The summed E-state index contributed by atoms with van der Waals surface area (Å²) in [6.45, 7) is 5.38.